The number of carbonyl (C=O) groups is 2. The number of carbonyl (C=O) groups excluding carboxylic acids is 2. The number of rotatable bonds is 4. The number of ether oxygens (including phenoxy) is 3. The predicted molar refractivity (Wildman–Crippen MR) is 88.0 cm³/mol. The van der Waals surface area contributed by atoms with Crippen molar-refractivity contribution in [3.63, 3.8) is 0 Å². The van der Waals surface area contributed by atoms with Crippen molar-refractivity contribution in [3.8, 4) is 11.5 Å². The number of esters is 1. The fourth-order valence-corrected chi connectivity index (χ4v) is 2.59. The lowest BCUT2D eigenvalue weighted by molar-refractivity contribution is 0.0472. The van der Waals surface area contributed by atoms with Gasteiger partial charge in [-0.05, 0) is 29.8 Å². The van der Waals surface area contributed by atoms with Gasteiger partial charge in [0.05, 0.1) is 23.8 Å². The molecule has 0 saturated heterocycles. The van der Waals surface area contributed by atoms with E-state index in [4.69, 9.17) is 25.8 Å². The predicted octanol–water partition coefficient (Wildman–Crippen LogP) is 3.67. The van der Waals surface area contributed by atoms with Crippen molar-refractivity contribution in [3.05, 3.63) is 58.1 Å². The van der Waals surface area contributed by atoms with Gasteiger partial charge in [-0.1, -0.05) is 23.7 Å². The van der Waals surface area contributed by atoms with E-state index >= 15 is 0 Å². The second-order valence-corrected chi connectivity index (χ2v) is 5.68. The zero-order valence-electron chi connectivity index (χ0n) is 12.8. The van der Waals surface area contributed by atoms with Crippen LogP contribution in [-0.2, 0) is 11.3 Å². The summed E-state index contributed by atoms with van der Waals surface area (Å²) in [4.78, 5) is 22.7. The van der Waals surface area contributed by atoms with Crippen LogP contribution in [0.1, 0.15) is 32.7 Å². The molecule has 0 aromatic heterocycles. The topological polar surface area (TPSA) is 61.8 Å². The Morgan fingerprint density at radius 3 is 2.67 bits per heavy atom. The van der Waals surface area contributed by atoms with Gasteiger partial charge in [-0.3, -0.25) is 4.79 Å². The van der Waals surface area contributed by atoms with Crippen LogP contribution in [0.4, 0.5) is 0 Å². The van der Waals surface area contributed by atoms with Crippen LogP contribution in [0.25, 0.3) is 0 Å². The molecule has 0 amide bonds. The zero-order valence-corrected chi connectivity index (χ0v) is 13.5. The summed E-state index contributed by atoms with van der Waals surface area (Å²) in [6.45, 7) is 1.16. The van der Waals surface area contributed by atoms with E-state index in [1.807, 2.05) is 0 Å². The number of hydrogen-bond acceptors (Lipinski definition) is 5. The second-order valence-electron chi connectivity index (χ2n) is 5.27. The average molecular weight is 347 g/mol. The highest BCUT2D eigenvalue weighted by Gasteiger charge is 2.16. The minimum absolute atomic E-state index is 0.0601. The van der Waals surface area contributed by atoms with E-state index in [-0.39, 0.29) is 6.61 Å². The monoisotopic (exact) mass is 346 g/mol. The van der Waals surface area contributed by atoms with Gasteiger partial charge in [-0.25, -0.2) is 4.79 Å². The van der Waals surface area contributed by atoms with E-state index in [0.29, 0.717) is 46.4 Å². The quantitative estimate of drug-likeness (QED) is 0.624. The molecule has 124 valence electrons. The molecule has 0 spiro atoms. The van der Waals surface area contributed by atoms with Gasteiger partial charge in [0, 0.05) is 12.0 Å². The Morgan fingerprint density at radius 1 is 1.17 bits per heavy atom. The normalized spacial score (nSPS) is 13.0. The maximum Gasteiger partial charge on any atom is 0.338 e. The molecule has 1 aliphatic rings. The highest BCUT2D eigenvalue weighted by molar-refractivity contribution is 6.32. The minimum atomic E-state index is -0.476. The summed E-state index contributed by atoms with van der Waals surface area (Å²) in [5, 5.41) is 0.427. The maximum atomic E-state index is 12.0. The number of fused-ring (bicyclic) bond motifs is 1. The molecule has 1 heterocycles. The molecule has 0 N–H and O–H groups in total. The van der Waals surface area contributed by atoms with Crippen LogP contribution < -0.4 is 9.47 Å². The summed E-state index contributed by atoms with van der Waals surface area (Å²) in [6, 6.07) is 9.68. The van der Waals surface area contributed by atoms with Crippen molar-refractivity contribution >= 4 is 23.9 Å². The van der Waals surface area contributed by atoms with E-state index in [1.54, 1.807) is 36.4 Å². The van der Waals surface area contributed by atoms with Gasteiger partial charge in [0.1, 0.15) is 12.9 Å². The average Bonchev–Trinajstić information content (AvgIpc) is 2.85. The molecule has 2 aromatic carbocycles. The van der Waals surface area contributed by atoms with Crippen molar-refractivity contribution < 1.29 is 23.8 Å². The van der Waals surface area contributed by atoms with Gasteiger partial charge in [0.25, 0.3) is 0 Å². The Labute approximate surface area is 144 Å². The maximum absolute atomic E-state index is 12.0. The van der Waals surface area contributed by atoms with Gasteiger partial charge >= 0.3 is 5.97 Å². The van der Waals surface area contributed by atoms with Crippen LogP contribution in [0.3, 0.4) is 0 Å². The Morgan fingerprint density at radius 2 is 1.92 bits per heavy atom. The number of aldehydes is 1. The van der Waals surface area contributed by atoms with E-state index in [2.05, 4.69) is 0 Å². The molecule has 0 unspecified atom stereocenters. The van der Waals surface area contributed by atoms with Crippen LogP contribution in [0, 0.1) is 0 Å². The van der Waals surface area contributed by atoms with E-state index in [0.717, 1.165) is 12.7 Å². The molecule has 5 nitrogen and oxygen atoms in total. The lowest BCUT2D eigenvalue weighted by Crippen LogP contribution is -2.05. The van der Waals surface area contributed by atoms with Gasteiger partial charge in [0.15, 0.2) is 11.5 Å². The molecule has 0 radical (unpaired) electrons. The molecule has 3 rings (SSSR count). The molecule has 0 fully saturated rings. The third-order valence-corrected chi connectivity index (χ3v) is 3.80. The zero-order chi connectivity index (χ0) is 16.9. The molecule has 2 aromatic rings. The smallest absolute Gasteiger partial charge is 0.338 e. The molecular weight excluding hydrogens is 332 g/mol. The molecule has 24 heavy (non-hydrogen) atoms. The van der Waals surface area contributed by atoms with E-state index < -0.39 is 5.97 Å². The highest BCUT2D eigenvalue weighted by Crippen LogP contribution is 2.38. The minimum Gasteiger partial charge on any atom is -0.489 e. The van der Waals surface area contributed by atoms with Crippen molar-refractivity contribution in [2.75, 3.05) is 13.2 Å². The van der Waals surface area contributed by atoms with E-state index in [1.165, 1.54) is 0 Å². The Bertz CT molecular complexity index is 755. The van der Waals surface area contributed by atoms with Gasteiger partial charge in [-0.2, -0.15) is 0 Å². The van der Waals surface area contributed by atoms with Crippen LogP contribution >= 0.6 is 11.6 Å². The number of benzene rings is 2. The molecule has 6 heteroatoms. The summed E-state index contributed by atoms with van der Waals surface area (Å²) in [7, 11) is 0. The Hall–Kier alpha value is -2.53. The van der Waals surface area contributed by atoms with Crippen LogP contribution in [0.2, 0.25) is 5.02 Å². The fraction of sp³-hybridized carbons (Fsp3) is 0.222. The van der Waals surface area contributed by atoms with Gasteiger partial charge in [-0.15, -0.1) is 0 Å². The number of halogens is 1. The van der Waals surface area contributed by atoms with Crippen molar-refractivity contribution in [2.45, 2.75) is 13.0 Å². The Kier molecular flexibility index (Phi) is 5.01. The molecule has 0 bridgehead atoms. The standard InChI is InChI=1S/C18H15ClO5/c19-15-8-13(9-16-17(15)23-7-1-6-22-16)11-24-18(21)14-4-2-12(10-20)3-5-14/h2-5,8-10H,1,6-7,11H2. The van der Waals surface area contributed by atoms with Crippen LogP contribution in [-0.4, -0.2) is 25.5 Å². The van der Waals surface area contributed by atoms with Gasteiger partial charge in [0.2, 0.25) is 0 Å². The molecule has 1 aliphatic heterocycles. The summed E-state index contributed by atoms with van der Waals surface area (Å²) in [6.07, 6.45) is 1.50. The largest absolute Gasteiger partial charge is 0.489 e. The first-order chi connectivity index (χ1) is 11.7. The van der Waals surface area contributed by atoms with Crippen LogP contribution in [0.5, 0.6) is 11.5 Å². The summed E-state index contributed by atoms with van der Waals surface area (Å²) in [5.41, 5.74) is 1.59. The lowest BCUT2D eigenvalue weighted by atomic mass is 10.1. The van der Waals surface area contributed by atoms with Crippen molar-refractivity contribution in [1.82, 2.24) is 0 Å². The summed E-state index contributed by atoms with van der Waals surface area (Å²) < 4.78 is 16.4. The van der Waals surface area contributed by atoms with Crippen molar-refractivity contribution in [1.29, 1.82) is 0 Å². The fourth-order valence-electron chi connectivity index (χ4n) is 2.30. The number of hydrogen-bond donors (Lipinski definition) is 0. The SMILES string of the molecule is O=Cc1ccc(C(=O)OCc2cc(Cl)c3c(c2)OCCCO3)cc1. The second kappa shape index (κ2) is 7.36. The Balaban J connectivity index is 1.69. The first-order valence-corrected chi connectivity index (χ1v) is 7.85. The van der Waals surface area contributed by atoms with E-state index in [9.17, 15) is 9.59 Å². The molecule has 0 saturated carbocycles. The molecular formula is C18H15ClO5. The van der Waals surface area contributed by atoms with Gasteiger partial charge < -0.3 is 14.2 Å². The highest BCUT2D eigenvalue weighted by atomic mass is 35.5. The third-order valence-electron chi connectivity index (χ3n) is 3.51. The first kappa shape index (κ1) is 16.3. The lowest BCUT2D eigenvalue weighted by Gasteiger charge is -2.12. The first-order valence-electron chi connectivity index (χ1n) is 7.48. The molecule has 0 aliphatic carbocycles. The van der Waals surface area contributed by atoms with Crippen molar-refractivity contribution in [2.24, 2.45) is 0 Å². The van der Waals surface area contributed by atoms with Crippen LogP contribution in [0.15, 0.2) is 36.4 Å². The molecule has 0 atom stereocenters. The summed E-state index contributed by atoms with van der Waals surface area (Å²) in [5.74, 6) is 0.603. The third kappa shape index (κ3) is 3.68. The summed E-state index contributed by atoms with van der Waals surface area (Å²) >= 11 is 6.21.